The van der Waals surface area contributed by atoms with Crippen molar-refractivity contribution in [3.63, 3.8) is 0 Å². The molecule has 2 aromatic rings. The van der Waals surface area contributed by atoms with Crippen molar-refractivity contribution in [2.24, 2.45) is 0 Å². The number of anilines is 1. The minimum Gasteiger partial charge on any atom is -0.494 e. The summed E-state index contributed by atoms with van der Waals surface area (Å²) < 4.78 is 32.0. The van der Waals surface area contributed by atoms with Gasteiger partial charge in [0.15, 0.2) is 0 Å². The maximum Gasteiger partial charge on any atom is 0.244 e. The van der Waals surface area contributed by atoms with Gasteiger partial charge in [-0.25, -0.2) is 8.42 Å². The molecule has 0 aromatic heterocycles. The number of hydrogen-bond donors (Lipinski definition) is 1. The second-order valence-electron chi connectivity index (χ2n) is 7.56. The van der Waals surface area contributed by atoms with Crippen molar-refractivity contribution < 1.29 is 17.9 Å². The molecule has 0 bridgehead atoms. The van der Waals surface area contributed by atoms with E-state index in [9.17, 15) is 13.2 Å². The second kappa shape index (κ2) is 9.51. The van der Waals surface area contributed by atoms with E-state index in [0.29, 0.717) is 24.5 Å². The first-order chi connectivity index (χ1) is 14.3. The van der Waals surface area contributed by atoms with Crippen LogP contribution < -0.4 is 14.4 Å². The number of nitrogens with one attached hydrogen (secondary N) is 1. The standard InChI is InChI=1S/C23H30N2O4S/c1-4-22(23(26)24-21-12-8-10-17-9-6-7-11-20(17)21)25(30(3,27)28)18-13-15-19(16-14-18)29-5-2/h6-7,9,11,13-16,21-22H,4-5,8,10,12H2,1-3H3,(H,24,26)/t21-,22+/m1/s1. The van der Waals surface area contributed by atoms with E-state index in [-0.39, 0.29) is 11.9 Å². The fourth-order valence-electron chi connectivity index (χ4n) is 4.09. The Kier molecular flexibility index (Phi) is 7.02. The SMILES string of the molecule is CCOc1ccc(N([C@@H](CC)C(=O)N[C@@H]2CCCc3ccccc32)S(C)(=O)=O)cc1. The Bertz CT molecular complexity index is 973. The summed E-state index contributed by atoms with van der Waals surface area (Å²) in [5.74, 6) is 0.379. The first-order valence-electron chi connectivity index (χ1n) is 10.5. The summed E-state index contributed by atoms with van der Waals surface area (Å²) in [6.07, 6.45) is 4.34. The van der Waals surface area contributed by atoms with Gasteiger partial charge in [-0.2, -0.15) is 0 Å². The zero-order chi connectivity index (χ0) is 21.7. The first-order valence-corrected chi connectivity index (χ1v) is 12.3. The molecule has 2 aromatic carbocycles. The highest BCUT2D eigenvalue weighted by atomic mass is 32.2. The average molecular weight is 431 g/mol. The zero-order valence-electron chi connectivity index (χ0n) is 17.8. The molecule has 0 fully saturated rings. The number of aryl methyl sites for hydroxylation is 1. The van der Waals surface area contributed by atoms with Crippen LogP contribution in [0.5, 0.6) is 5.75 Å². The normalized spacial score (nSPS) is 17.0. The smallest absolute Gasteiger partial charge is 0.244 e. The van der Waals surface area contributed by atoms with Crippen LogP contribution >= 0.6 is 0 Å². The molecular weight excluding hydrogens is 400 g/mol. The van der Waals surface area contributed by atoms with Gasteiger partial charge in [-0.05, 0) is 68.0 Å². The maximum absolute atomic E-state index is 13.2. The lowest BCUT2D eigenvalue weighted by Gasteiger charge is -2.33. The Labute approximate surface area is 179 Å². The fourth-order valence-corrected chi connectivity index (χ4v) is 5.30. The van der Waals surface area contributed by atoms with Crippen molar-refractivity contribution in [2.45, 2.75) is 51.6 Å². The largest absolute Gasteiger partial charge is 0.494 e. The van der Waals surface area contributed by atoms with Crippen LogP contribution in [0, 0.1) is 0 Å². The molecule has 0 unspecified atom stereocenters. The third-order valence-corrected chi connectivity index (χ3v) is 6.60. The highest BCUT2D eigenvalue weighted by molar-refractivity contribution is 7.92. The Morgan fingerprint density at radius 3 is 2.50 bits per heavy atom. The maximum atomic E-state index is 13.2. The highest BCUT2D eigenvalue weighted by Crippen LogP contribution is 2.30. The molecule has 7 heteroatoms. The third-order valence-electron chi connectivity index (χ3n) is 5.42. The van der Waals surface area contributed by atoms with E-state index in [1.807, 2.05) is 32.0 Å². The molecule has 0 saturated heterocycles. The Hall–Kier alpha value is -2.54. The molecule has 1 N–H and O–H groups in total. The zero-order valence-corrected chi connectivity index (χ0v) is 18.6. The van der Waals surface area contributed by atoms with Gasteiger partial charge in [-0.15, -0.1) is 0 Å². The topological polar surface area (TPSA) is 75.7 Å². The number of fused-ring (bicyclic) bond motifs is 1. The highest BCUT2D eigenvalue weighted by Gasteiger charge is 2.33. The molecule has 0 heterocycles. The van der Waals surface area contributed by atoms with Crippen molar-refractivity contribution in [3.05, 3.63) is 59.7 Å². The minimum atomic E-state index is -3.67. The van der Waals surface area contributed by atoms with E-state index in [1.54, 1.807) is 24.3 Å². The average Bonchev–Trinajstić information content (AvgIpc) is 2.72. The minimum absolute atomic E-state index is 0.0989. The van der Waals surface area contributed by atoms with Gasteiger partial charge in [0.1, 0.15) is 11.8 Å². The summed E-state index contributed by atoms with van der Waals surface area (Å²) in [4.78, 5) is 13.2. The Balaban J connectivity index is 1.86. The van der Waals surface area contributed by atoms with Crippen LogP contribution in [0.2, 0.25) is 0 Å². The number of carbonyl (C=O) groups is 1. The number of hydrogen-bond acceptors (Lipinski definition) is 4. The third kappa shape index (κ3) is 4.95. The number of amides is 1. The monoisotopic (exact) mass is 430 g/mol. The molecule has 0 saturated carbocycles. The van der Waals surface area contributed by atoms with Gasteiger partial charge in [-0.1, -0.05) is 31.2 Å². The summed E-state index contributed by atoms with van der Waals surface area (Å²) in [5.41, 5.74) is 2.82. The van der Waals surface area contributed by atoms with E-state index in [2.05, 4.69) is 11.4 Å². The molecule has 1 aliphatic rings. The first kappa shape index (κ1) is 22.2. The number of ether oxygens (including phenoxy) is 1. The second-order valence-corrected chi connectivity index (χ2v) is 9.42. The van der Waals surface area contributed by atoms with E-state index in [4.69, 9.17) is 4.74 Å². The lowest BCUT2D eigenvalue weighted by Crippen LogP contribution is -2.50. The van der Waals surface area contributed by atoms with Gasteiger partial charge in [0, 0.05) is 0 Å². The van der Waals surface area contributed by atoms with Crippen LogP contribution in [-0.2, 0) is 21.2 Å². The predicted octanol–water partition coefficient (Wildman–Crippen LogP) is 3.82. The van der Waals surface area contributed by atoms with Gasteiger partial charge in [0.05, 0.1) is 24.6 Å². The van der Waals surface area contributed by atoms with Gasteiger partial charge in [0.25, 0.3) is 0 Å². The van der Waals surface area contributed by atoms with Crippen LogP contribution in [0.15, 0.2) is 48.5 Å². The van der Waals surface area contributed by atoms with Crippen molar-refractivity contribution in [2.75, 3.05) is 17.2 Å². The van der Waals surface area contributed by atoms with E-state index in [0.717, 1.165) is 31.1 Å². The molecule has 3 rings (SSSR count). The van der Waals surface area contributed by atoms with E-state index >= 15 is 0 Å². The summed E-state index contributed by atoms with van der Waals surface area (Å²) in [6.45, 7) is 4.24. The summed E-state index contributed by atoms with van der Waals surface area (Å²) in [7, 11) is -3.67. The lowest BCUT2D eigenvalue weighted by atomic mass is 9.87. The molecule has 2 atom stereocenters. The van der Waals surface area contributed by atoms with Gasteiger partial charge >= 0.3 is 0 Å². The van der Waals surface area contributed by atoms with Crippen LogP contribution in [0.1, 0.15) is 50.3 Å². The Morgan fingerprint density at radius 2 is 1.87 bits per heavy atom. The fraction of sp³-hybridized carbons (Fsp3) is 0.435. The van der Waals surface area contributed by atoms with Crippen LogP contribution in [-0.4, -0.2) is 33.2 Å². The quantitative estimate of drug-likeness (QED) is 0.691. The molecule has 30 heavy (non-hydrogen) atoms. The van der Waals surface area contributed by atoms with Crippen molar-refractivity contribution in [3.8, 4) is 5.75 Å². The van der Waals surface area contributed by atoms with Gasteiger partial charge in [0.2, 0.25) is 15.9 Å². The van der Waals surface area contributed by atoms with Gasteiger partial charge < -0.3 is 10.1 Å². The van der Waals surface area contributed by atoms with Crippen LogP contribution in [0.3, 0.4) is 0 Å². The summed E-state index contributed by atoms with van der Waals surface area (Å²) in [6, 6.07) is 14.0. The van der Waals surface area contributed by atoms with Crippen LogP contribution in [0.4, 0.5) is 5.69 Å². The van der Waals surface area contributed by atoms with E-state index < -0.39 is 16.1 Å². The number of carbonyl (C=O) groups excluding carboxylic acids is 1. The molecule has 0 spiro atoms. The molecule has 0 radical (unpaired) electrons. The molecular formula is C23H30N2O4S. The van der Waals surface area contributed by atoms with Gasteiger partial charge in [-0.3, -0.25) is 9.10 Å². The number of sulfonamides is 1. The predicted molar refractivity (Wildman–Crippen MR) is 119 cm³/mol. The molecule has 1 aliphatic carbocycles. The number of benzene rings is 2. The van der Waals surface area contributed by atoms with Crippen molar-refractivity contribution in [1.82, 2.24) is 5.32 Å². The van der Waals surface area contributed by atoms with Crippen molar-refractivity contribution in [1.29, 1.82) is 0 Å². The van der Waals surface area contributed by atoms with Crippen molar-refractivity contribution >= 4 is 21.6 Å². The number of rotatable bonds is 8. The van der Waals surface area contributed by atoms with Crippen LogP contribution in [0.25, 0.3) is 0 Å². The number of nitrogens with zero attached hydrogens (tertiary/aromatic N) is 1. The summed E-state index contributed by atoms with van der Waals surface area (Å²) in [5, 5.41) is 3.11. The lowest BCUT2D eigenvalue weighted by molar-refractivity contribution is -0.123. The molecule has 162 valence electrons. The molecule has 1 amide bonds. The van der Waals surface area contributed by atoms with E-state index in [1.165, 1.54) is 9.87 Å². The molecule has 6 nitrogen and oxygen atoms in total. The Morgan fingerprint density at radius 1 is 1.17 bits per heavy atom. The summed E-state index contributed by atoms with van der Waals surface area (Å²) >= 11 is 0. The molecule has 0 aliphatic heterocycles.